The normalized spacial score (nSPS) is 15.4. The van der Waals surface area contributed by atoms with Gasteiger partial charge in [0.25, 0.3) is 5.56 Å². The fourth-order valence-electron chi connectivity index (χ4n) is 4.94. The Morgan fingerprint density at radius 3 is 2.34 bits per heavy atom. The Labute approximate surface area is 240 Å². The molecule has 2 aromatic heterocycles. The van der Waals surface area contributed by atoms with Crippen LogP contribution in [0.4, 0.5) is 8.78 Å². The number of carbonyl (C=O) groups is 1. The van der Waals surface area contributed by atoms with Crippen LogP contribution in [-0.2, 0) is 11.2 Å². The molecular formula is C28H19Cl2F2N7O2. The summed E-state index contributed by atoms with van der Waals surface area (Å²) in [5, 5.41) is 19.1. The molecule has 0 fully saturated rings. The topological polar surface area (TPSA) is 120 Å². The van der Waals surface area contributed by atoms with Crippen LogP contribution in [0.1, 0.15) is 29.4 Å². The van der Waals surface area contributed by atoms with E-state index in [1.54, 1.807) is 60.7 Å². The number of tetrazole rings is 1. The summed E-state index contributed by atoms with van der Waals surface area (Å²) in [6.07, 6.45) is -1.06. The molecule has 41 heavy (non-hydrogen) atoms. The molecule has 1 aliphatic heterocycles. The molecule has 0 spiro atoms. The lowest BCUT2D eigenvalue weighted by Crippen LogP contribution is -2.42. The van der Waals surface area contributed by atoms with E-state index in [4.69, 9.17) is 23.2 Å². The SMILES string of the molecule is O=C(N1N=C(c2c(-c3ccc(Cl)cc3)c3ccccc3[nH]c2=O)CC1c1ccc(Cl)cc1)C(F)(F)Cc1nnn[nH]1. The maximum Gasteiger partial charge on any atom is 0.333 e. The number of nitrogens with zero attached hydrogens (tertiary/aromatic N) is 5. The highest BCUT2D eigenvalue weighted by Gasteiger charge is 2.48. The number of pyridine rings is 1. The second-order valence-corrected chi connectivity index (χ2v) is 10.3. The van der Waals surface area contributed by atoms with Crippen molar-refractivity contribution in [3.05, 3.63) is 110 Å². The molecule has 0 aliphatic carbocycles. The first-order chi connectivity index (χ1) is 19.7. The predicted octanol–water partition coefficient (Wildman–Crippen LogP) is 5.57. The number of carbonyl (C=O) groups excluding carboxylic acids is 1. The van der Waals surface area contributed by atoms with Gasteiger partial charge in [0.05, 0.1) is 23.7 Å². The Morgan fingerprint density at radius 2 is 1.66 bits per heavy atom. The zero-order chi connectivity index (χ0) is 28.7. The second-order valence-electron chi connectivity index (χ2n) is 9.45. The van der Waals surface area contributed by atoms with Gasteiger partial charge >= 0.3 is 11.8 Å². The standard InChI is InChI=1S/C28H19Cl2F2N7O2/c29-17-9-5-15(6-10-17)22-13-21(36-39(22)27(41)28(31,32)14-23-34-37-38-35-23)25-24(16-7-11-18(30)12-8-16)19-3-1-2-4-20(19)33-26(25)40/h1-12,22H,13-14H2,(H,33,40)(H,34,35,37,38). The number of benzene rings is 3. The maximum absolute atomic E-state index is 15.3. The zero-order valence-electron chi connectivity index (χ0n) is 21.0. The van der Waals surface area contributed by atoms with E-state index in [0.29, 0.717) is 37.6 Å². The molecular weight excluding hydrogens is 575 g/mol. The smallest absolute Gasteiger partial charge is 0.321 e. The number of aromatic nitrogens is 5. The molecule has 0 radical (unpaired) electrons. The van der Waals surface area contributed by atoms with Crippen molar-refractivity contribution in [1.29, 1.82) is 0 Å². The van der Waals surface area contributed by atoms with Gasteiger partial charge < -0.3 is 4.98 Å². The molecule has 1 aliphatic rings. The number of hydrogen-bond donors (Lipinski definition) is 2. The predicted molar refractivity (Wildman–Crippen MR) is 150 cm³/mol. The minimum Gasteiger partial charge on any atom is -0.321 e. The largest absolute Gasteiger partial charge is 0.333 e. The summed E-state index contributed by atoms with van der Waals surface area (Å²) in [5.74, 6) is -5.72. The van der Waals surface area contributed by atoms with Crippen LogP contribution in [-0.4, -0.2) is 48.2 Å². The second kappa shape index (κ2) is 10.5. The van der Waals surface area contributed by atoms with Crippen LogP contribution >= 0.6 is 23.2 Å². The highest BCUT2D eigenvalue weighted by Crippen LogP contribution is 2.39. The number of amides is 1. The molecule has 206 valence electrons. The zero-order valence-corrected chi connectivity index (χ0v) is 22.5. The summed E-state index contributed by atoms with van der Waals surface area (Å²) in [5.41, 5.74) is 2.18. The van der Waals surface area contributed by atoms with E-state index >= 15 is 8.78 Å². The van der Waals surface area contributed by atoms with Crippen molar-refractivity contribution in [3.63, 3.8) is 0 Å². The lowest BCUT2D eigenvalue weighted by atomic mass is 9.91. The van der Waals surface area contributed by atoms with Crippen LogP contribution in [0.3, 0.4) is 0 Å². The summed E-state index contributed by atoms with van der Waals surface area (Å²) in [4.78, 5) is 29.8. The molecule has 5 aromatic rings. The van der Waals surface area contributed by atoms with E-state index in [-0.39, 0.29) is 23.5 Å². The summed E-state index contributed by atoms with van der Waals surface area (Å²) in [6.45, 7) is 0. The Kier molecular flexibility index (Phi) is 6.84. The first-order valence-corrected chi connectivity index (χ1v) is 13.2. The average Bonchev–Trinajstić information content (AvgIpc) is 3.63. The number of aromatic amines is 2. The first-order valence-electron chi connectivity index (χ1n) is 12.4. The molecule has 13 heteroatoms. The average molecular weight is 594 g/mol. The van der Waals surface area contributed by atoms with Crippen LogP contribution in [0.2, 0.25) is 10.0 Å². The number of nitrogens with one attached hydrogen (secondary N) is 2. The lowest BCUT2D eigenvalue weighted by Gasteiger charge is -2.25. The number of halogens is 4. The maximum atomic E-state index is 15.3. The Hall–Kier alpha value is -4.48. The van der Waals surface area contributed by atoms with Gasteiger partial charge in [0, 0.05) is 32.9 Å². The minimum absolute atomic E-state index is 0.00464. The van der Waals surface area contributed by atoms with Crippen molar-refractivity contribution >= 4 is 45.7 Å². The lowest BCUT2D eigenvalue weighted by molar-refractivity contribution is -0.159. The first kappa shape index (κ1) is 26.7. The molecule has 0 saturated carbocycles. The van der Waals surface area contributed by atoms with Gasteiger partial charge in [-0.05, 0) is 51.9 Å². The molecule has 0 saturated heterocycles. The number of hydrogen-bond acceptors (Lipinski definition) is 6. The molecule has 1 unspecified atom stereocenters. The molecule has 1 amide bonds. The Bertz CT molecular complexity index is 1840. The highest BCUT2D eigenvalue weighted by atomic mass is 35.5. The summed E-state index contributed by atoms with van der Waals surface area (Å²) >= 11 is 12.2. The van der Waals surface area contributed by atoms with Gasteiger partial charge in [-0.2, -0.15) is 13.9 Å². The molecule has 6 rings (SSSR count). The fraction of sp³-hybridized carbons (Fsp3) is 0.143. The van der Waals surface area contributed by atoms with E-state index in [9.17, 15) is 9.59 Å². The van der Waals surface area contributed by atoms with Crippen molar-refractivity contribution < 1.29 is 13.6 Å². The molecule has 3 heterocycles. The third kappa shape index (κ3) is 5.09. The number of rotatable bonds is 6. The number of H-pyrrole nitrogens is 2. The van der Waals surface area contributed by atoms with Crippen LogP contribution in [0.25, 0.3) is 22.0 Å². The van der Waals surface area contributed by atoms with E-state index in [1.165, 1.54) is 0 Å². The molecule has 1 atom stereocenters. The summed E-state index contributed by atoms with van der Waals surface area (Å²) in [7, 11) is 0. The molecule has 9 nitrogen and oxygen atoms in total. The van der Waals surface area contributed by atoms with Crippen LogP contribution in [0.5, 0.6) is 0 Å². The third-order valence-corrected chi connectivity index (χ3v) is 7.31. The van der Waals surface area contributed by atoms with Gasteiger partial charge in [-0.1, -0.05) is 65.7 Å². The molecule has 2 N–H and O–H groups in total. The van der Waals surface area contributed by atoms with E-state index in [0.717, 1.165) is 5.01 Å². The number of alkyl halides is 2. The van der Waals surface area contributed by atoms with E-state index < -0.39 is 29.9 Å². The van der Waals surface area contributed by atoms with Gasteiger partial charge in [0.1, 0.15) is 0 Å². The fourth-order valence-corrected chi connectivity index (χ4v) is 5.19. The van der Waals surface area contributed by atoms with Crippen molar-refractivity contribution in [2.45, 2.75) is 24.8 Å². The highest BCUT2D eigenvalue weighted by molar-refractivity contribution is 6.31. The number of para-hydroxylation sites is 1. The van der Waals surface area contributed by atoms with Crippen LogP contribution in [0.15, 0.2) is 82.7 Å². The van der Waals surface area contributed by atoms with Crippen molar-refractivity contribution in [2.24, 2.45) is 5.10 Å². The van der Waals surface area contributed by atoms with Gasteiger partial charge in [0.15, 0.2) is 5.82 Å². The van der Waals surface area contributed by atoms with Crippen LogP contribution < -0.4 is 5.56 Å². The quantitative estimate of drug-likeness (QED) is 0.266. The summed E-state index contributed by atoms with van der Waals surface area (Å²) < 4.78 is 30.6. The van der Waals surface area contributed by atoms with Gasteiger partial charge in [-0.25, -0.2) is 10.1 Å². The minimum atomic E-state index is -3.90. The Morgan fingerprint density at radius 1 is 0.976 bits per heavy atom. The van der Waals surface area contributed by atoms with Gasteiger partial charge in [-0.3, -0.25) is 9.59 Å². The summed E-state index contributed by atoms with van der Waals surface area (Å²) in [6, 6.07) is 19.7. The van der Waals surface area contributed by atoms with Crippen molar-refractivity contribution in [1.82, 2.24) is 30.6 Å². The van der Waals surface area contributed by atoms with Crippen molar-refractivity contribution in [2.75, 3.05) is 0 Å². The van der Waals surface area contributed by atoms with Crippen molar-refractivity contribution in [3.8, 4) is 11.1 Å². The number of hydrazone groups is 1. The third-order valence-electron chi connectivity index (χ3n) is 6.81. The molecule has 3 aromatic carbocycles. The molecule has 0 bridgehead atoms. The Balaban J connectivity index is 1.52. The monoisotopic (exact) mass is 593 g/mol. The van der Waals surface area contributed by atoms with Crippen LogP contribution in [0, 0.1) is 0 Å². The van der Waals surface area contributed by atoms with Gasteiger partial charge in [-0.15, -0.1) is 5.10 Å². The van der Waals surface area contributed by atoms with E-state index in [1.807, 2.05) is 12.1 Å². The van der Waals surface area contributed by atoms with E-state index in [2.05, 4.69) is 30.7 Å². The number of fused-ring (bicyclic) bond motifs is 1. The van der Waals surface area contributed by atoms with Gasteiger partial charge in [0.2, 0.25) is 0 Å².